The van der Waals surface area contributed by atoms with Gasteiger partial charge in [-0.1, -0.05) is 12.2 Å². The summed E-state index contributed by atoms with van der Waals surface area (Å²) in [4.78, 5) is 8.85. The number of hydrogen-bond acceptors (Lipinski definition) is 3. The van der Waals surface area contributed by atoms with Crippen molar-refractivity contribution in [1.29, 1.82) is 0 Å². The zero-order chi connectivity index (χ0) is 7.56. The van der Waals surface area contributed by atoms with Crippen molar-refractivity contribution < 1.29 is 0 Å². The highest BCUT2D eigenvalue weighted by molar-refractivity contribution is 7.71. The molecule has 0 aliphatic carbocycles. The Morgan fingerprint density at radius 3 is 2.70 bits per heavy atom. The van der Waals surface area contributed by atoms with Crippen LogP contribution in [0.3, 0.4) is 0 Å². The predicted octanol–water partition coefficient (Wildman–Crippen LogP) is 1.21. The van der Waals surface area contributed by atoms with Crippen molar-refractivity contribution in [1.82, 2.24) is 9.97 Å². The van der Waals surface area contributed by atoms with E-state index in [4.69, 9.17) is 12.2 Å². The van der Waals surface area contributed by atoms with E-state index in [-0.39, 0.29) is 0 Å². The lowest BCUT2D eigenvalue weighted by Crippen LogP contribution is -2.12. The summed E-state index contributed by atoms with van der Waals surface area (Å²) in [6, 6.07) is 1.75. The Morgan fingerprint density at radius 2 is 2.30 bits per heavy atom. The number of nitrogens with zero attached hydrogens (tertiary/aromatic N) is 2. The van der Waals surface area contributed by atoms with Crippen LogP contribution in [-0.4, -0.2) is 24.1 Å². The zero-order valence-corrected chi connectivity index (χ0v) is 6.77. The van der Waals surface area contributed by atoms with Crippen molar-refractivity contribution in [2.45, 2.75) is 0 Å². The Bertz CT molecular complexity index is 266. The molecule has 4 heteroatoms. The van der Waals surface area contributed by atoms with E-state index in [0.717, 1.165) is 5.95 Å². The number of H-pyrrole nitrogens is 1. The van der Waals surface area contributed by atoms with Gasteiger partial charge in [-0.3, -0.25) is 0 Å². The molecular weight excluding hydrogens is 146 g/mol. The molecule has 0 fully saturated rings. The van der Waals surface area contributed by atoms with Crippen LogP contribution in [0.1, 0.15) is 0 Å². The van der Waals surface area contributed by atoms with Gasteiger partial charge in [-0.15, -0.1) is 0 Å². The third kappa shape index (κ3) is 1.54. The van der Waals surface area contributed by atoms with Crippen LogP contribution >= 0.6 is 12.2 Å². The highest BCUT2D eigenvalue weighted by Crippen LogP contribution is 1.98. The first-order chi connectivity index (χ1) is 4.70. The standard InChI is InChI=1S/C6H9N3S/c1-9(2)6-7-4-3-5(10)8-6/h3-4H,1-2H3,(H,7,8,10). The molecule has 0 amide bonds. The summed E-state index contributed by atoms with van der Waals surface area (Å²) >= 11 is 4.90. The maximum absolute atomic E-state index is 4.90. The van der Waals surface area contributed by atoms with Crippen molar-refractivity contribution in [2.24, 2.45) is 0 Å². The molecule has 1 rings (SSSR count). The number of hydrogen-bond donors (Lipinski definition) is 1. The summed E-state index contributed by atoms with van der Waals surface area (Å²) in [6.07, 6.45) is 1.69. The first kappa shape index (κ1) is 7.21. The van der Waals surface area contributed by atoms with E-state index in [0.29, 0.717) is 4.64 Å². The highest BCUT2D eigenvalue weighted by atomic mass is 32.1. The molecule has 0 saturated carbocycles. The largest absolute Gasteiger partial charge is 0.349 e. The van der Waals surface area contributed by atoms with Gasteiger partial charge >= 0.3 is 0 Å². The second-order valence-electron chi connectivity index (χ2n) is 2.15. The fraction of sp³-hybridized carbons (Fsp3) is 0.333. The van der Waals surface area contributed by atoms with Crippen molar-refractivity contribution in [3.05, 3.63) is 16.9 Å². The normalized spacial score (nSPS) is 9.40. The van der Waals surface area contributed by atoms with Gasteiger partial charge in [-0.05, 0) is 6.07 Å². The van der Waals surface area contributed by atoms with Crippen molar-refractivity contribution in [3.8, 4) is 0 Å². The average molecular weight is 155 g/mol. The lowest BCUT2D eigenvalue weighted by Gasteiger charge is -2.08. The molecule has 0 radical (unpaired) electrons. The molecule has 0 aliphatic heterocycles. The molecule has 0 aliphatic rings. The van der Waals surface area contributed by atoms with Gasteiger partial charge in [0.15, 0.2) is 0 Å². The summed E-state index contributed by atoms with van der Waals surface area (Å²) in [5.41, 5.74) is 0. The summed E-state index contributed by atoms with van der Waals surface area (Å²) < 4.78 is 0.707. The van der Waals surface area contributed by atoms with Gasteiger partial charge in [0.2, 0.25) is 5.95 Å². The third-order valence-corrected chi connectivity index (χ3v) is 1.32. The Balaban J connectivity index is 3.07. The zero-order valence-electron chi connectivity index (χ0n) is 5.96. The van der Waals surface area contributed by atoms with Crippen LogP contribution < -0.4 is 4.90 Å². The molecule has 54 valence electrons. The minimum Gasteiger partial charge on any atom is -0.349 e. The van der Waals surface area contributed by atoms with Crippen LogP contribution in [0.15, 0.2) is 12.3 Å². The summed E-state index contributed by atoms with van der Waals surface area (Å²) in [5, 5.41) is 0. The number of rotatable bonds is 1. The lowest BCUT2D eigenvalue weighted by atomic mass is 10.6. The van der Waals surface area contributed by atoms with Crippen LogP contribution in [0.25, 0.3) is 0 Å². The number of aromatic nitrogens is 2. The maximum Gasteiger partial charge on any atom is 0.203 e. The van der Waals surface area contributed by atoms with Crippen LogP contribution in [-0.2, 0) is 0 Å². The minimum atomic E-state index is 0.707. The van der Waals surface area contributed by atoms with E-state index in [1.54, 1.807) is 12.3 Å². The van der Waals surface area contributed by atoms with Crippen LogP contribution in [0.2, 0.25) is 0 Å². The van der Waals surface area contributed by atoms with Crippen LogP contribution in [0.4, 0.5) is 5.95 Å². The quantitative estimate of drug-likeness (QED) is 0.618. The van der Waals surface area contributed by atoms with Gasteiger partial charge < -0.3 is 9.88 Å². The number of nitrogens with one attached hydrogen (secondary N) is 1. The van der Waals surface area contributed by atoms with Crippen molar-refractivity contribution in [3.63, 3.8) is 0 Å². The molecule has 0 saturated heterocycles. The summed E-state index contributed by atoms with van der Waals surface area (Å²) in [5.74, 6) is 0.785. The van der Waals surface area contributed by atoms with Crippen LogP contribution in [0, 0.1) is 4.64 Å². The molecule has 0 bridgehead atoms. The molecule has 0 aromatic carbocycles. The first-order valence-electron chi connectivity index (χ1n) is 2.93. The maximum atomic E-state index is 4.90. The molecule has 10 heavy (non-hydrogen) atoms. The molecule has 0 unspecified atom stereocenters. The first-order valence-corrected chi connectivity index (χ1v) is 3.33. The lowest BCUT2D eigenvalue weighted by molar-refractivity contribution is 0.993. The Labute approximate surface area is 64.7 Å². The van der Waals surface area contributed by atoms with Crippen LogP contribution in [0.5, 0.6) is 0 Å². The van der Waals surface area contributed by atoms with Gasteiger partial charge in [0.05, 0.1) is 0 Å². The average Bonchev–Trinajstić information content (AvgIpc) is 1.88. The molecule has 3 nitrogen and oxygen atoms in total. The second kappa shape index (κ2) is 2.79. The van der Waals surface area contributed by atoms with E-state index in [2.05, 4.69) is 9.97 Å². The molecule has 1 aromatic rings. The van der Waals surface area contributed by atoms with E-state index in [9.17, 15) is 0 Å². The fourth-order valence-electron chi connectivity index (χ4n) is 0.587. The molecule has 1 heterocycles. The minimum absolute atomic E-state index is 0.707. The van der Waals surface area contributed by atoms with Gasteiger partial charge in [0.25, 0.3) is 0 Å². The Kier molecular flexibility index (Phi) is 2.01. The highest BCUT2D eigenvalue weighted by Gasteiger charge is 1.92. The molecule has 0 atom stereocenters. The second-order valence-corrected chi connectivity index (χ2v) is 2.59. The number of aromatic amines is 1. The summed E-state index contributed by atoms with van der Waals surface area (Å²) in [6.45, 7) is 0. The van der Waals surface area contributed by atoms with E-state index < -0.39 is 0 Å². The van der Waals surface area contributed by atoms with Gasteiger partial charge in [0, 0.05) is 20.3 Å². The molecule has 1 N–H and O–H groups in total. The van der Waals surface area contributed by atoms with E-state index in [1.165, 1.54) is 0 Å². The third-order valence-electron chi connectivity index (χ3n) is 1.08. The molecular formula is C6H9N3S. The smallest absolute Gasteiger partial charge is 0.203 e. The van der Waals surface area contributed by atoms with Crippen molar-refractivity contribution >= 4 is 18.2 Å². The number of anilines is 1. The van der Waals surface area contributed by atoms with E-state index >= 15 is 0 Å². The van der Waals surface area contributed by atoms with E-state index in [1.807, 2.05) is 19.0 Å². The fourth-order valence-corrected chi connectivity index (χ4v) is 0.739. The Morgan fingerprint density at radius 1 is 1.60 bits per heavy atom. The monoisotopic (exact) mass is 155 g/mol. The van der Waals surface area contributed by atoms with Gasteiger partial charge in [0.1, 0.15) is 4.64 Å². The molecule has 1 aromatic heterocycles. The van der Waals surface area contributed by atoms with Gasteiger partial charge in [-0.2, -0.15) is 0 Å². The molecule has 0 spiro atoms. The Hall–Kier alpha value is -0.900. The van der Waals surface area contributed by atoms with Gasteiger partial charge in [-0.25, -0.2) is 4.98 Å². The topological polar surface area (TPSA) is 31.9 Å². The summed E-state index contributed by atoms with van der Waals surface area (Å²) in [7, 11) is 3.82. The SMILES string of the molecule is CN(C)c1nccc(=S)[nH]1. The van der Waals surface area contributed by atoms with Crippen molar-refractivity contribution in [2.75, 3.05) is 19.0 Å². The predicted molar refractivity (Wildman–Crippen MR) is 43.7 cm³/mol.